The highest BCUT2D eigenvalue weighted by Crippen LogP contribution is 2.26. The number of hydrogen-bond donors (Lipinski definition) is 1. The molecule has 0 fully saturated rings. The quantitative estimate of drug-likeness (QED) is 0.856. The van der Waals surface area contributed by atoms with Crippen LogP contribution in [0.1, 0.15) is 46.1 Å². The molecule has 0 aromatic carbocycles. The molecular formula is C12H22N2O2. The zero-order valence-electron chi connectivity index (χ0n) is 11.0. The minimum Gasteiger partial charge on any atom is -0.445 e. The molecule has 0 aliphatic carbocycles. The zero-order valence-corrected chi connectivity index (χ0v) is 11.0. The lowest BCUT2D eigenvalue weighted by atomic mass is 10.0. The highest BCUT2D eigenvalue weighted by atomic mass is 16.5. The summed E-state index contributed by atoms with van der Waals surface area (Å²) in [5, 5.41) is 3.38. The molecule has 92 valence electrons. The number of oxazole rings is 1. The van der Waals surface area contributed by atoms with E-state index in [1.807, 2.05) is 13.8 Å². The second-order valence-corrected chi connectivity index (χ2v) is 5.45. The van der Waals surface area contributed by atoms with Crippen LogP contribution in [-0.4, -0.2) is 17.6 Å². The van der Waals surface area contributed by atoms with Crippen molar-refractivity contribution < 1.29 is 9.15 Å². The molecule has 0 saturated carbocycles. The summed E-state index contributed by atoms with van der Waals surface area (Å²) in [6, 6.07) is 0. The summed E-state index contributed by atoms with van der Waals surface area (Å²) in [4.78, 5) is 4.22. The van der Waals surface area contributed by atoms with Gasteiger partial charge in [-0.25, -0.2) is 4.98 Å². The van der Waals surface area contributed by atoms with E-state index >= 15 is 0 Å². The molecule has 1 aromatic heterocycles. The van der Waals surface area contributed by atoms with Crippen molar-refractivity contribution in [1.29, 1.82) is 0 Å². The van der Waals surface area contributed by atoms with Crippen LogP contribution in [0.3, 0.4) is 0 Å². The summed E-state index contributed by atoms with van der Waals surface area (Å²) < 4.78 is 10.8. The van der Waals surface area contributed by atoms with Gasteiger partial charge in [-0.2, -0.15) is 0 Å². The number of nitrogens with one attached hydrogen (secondary N) is 1. The van der Waals surface area contributed by atoms with E-state index in [1.165, 1.54) is 6.39 Å². The van der Waals surface area contributed by atoms with E-state index in [0.29, 0.717) is 6.54 Å². The third-order valence-electron chi connectivity index (χ3n) is 2.48. The van der Waals surface area contributed by atoms with Crippen molar-refractivity contribution in [2.45, 2.75) is 52.3 Å². The fourth-order valence-electron chi connectivity index (χ4n) is 1.33. The van der Waals surface area contributed by atoms with E-state index in [9.17, 15) is 0 Å². The van der Waals surface area contributed by atoms with Crippen LogP contribution in [0.5, 0.6) is 0 Å². The molecule has 0 unspecified atom stereocenters. The molecule has 0 aliphatic heterocycles. The first-order valence-electron chi connectivity index (χ1n) is 5.49. The van der Waals surface area contributed by atoms with Gasteiger partial charge >= 0.3 is 0 Å². The Balaban J connectivity index is 2.79. The first-order valence-corrected chi connectivity index (χ1v) is 5.49. The SMILES string of the molecule is COC(C)(C)c1ocnc1CNC(C)(C)C. The number of methoxy groups -OCH3 is 1. The van der Waals surface area contributed by atoms with E-state index in [-0.39, 0.29) is 5.54 Å². The van der Waals surface area contributed by atoms with Crippen LogP contribution in [0.25, 0.3) is 0 Å². The molecule has 0 bridgehead atoms. The average Bonchev–Trinajstić information content (AvgIpc) is 2.62. The standard InChI is InChI=1S/C12H22N2O2/c1-11(2,3)14-7-9-10(16-8-13-9)12(4,5)15-6/h8,14H,7H2,1-6H3. The summed E-state index contributed by atoms with van der Waals surface area (Å²) in [6.07, 6.45) is 1.47. The number of aromatic nitrogens is 1. The van der Waals surface area contributed by atoms with Crippen molar-refractivity contribution in [3.63, 3.8) is 0 Å². The van der Waals surface area contributed by atoms with Gasteiger partial charge < -0.3 is 14.5 Å². The summed E-state index contributed by atoms with van der Waals surface area (Å²) in [7, 11) is 1.67. The van der Waals surface area contributed by atoms with Crippen molar-refractivity contribution in [2.24, 2.45) is 0 Å². The summed E-state index contributed by atoms with van der Waals surface area (Å²) in [5.41, 5.74) is 0.528. The molecule has 0 aliphatic rings. The molecule has 1 heterocycles. The third-order valence-corrected chi connectivity index (χ3v) is 2.48. The molecule has 0 radical (unpaired) electrons. The Hall–Kier alpha value is -0.870. The molecule has 0 saturated heterocycles. The van der Waals surface area contributed by atoms with Gasteiger partial charge in [0.05, 0.1) is 5.69 Å². The van der Waals surface area contributed by atoms with Crippen molar-refractivity contribution in [3.8, 4) is 0 Å². The van der Waals surface area contributed by atoms with Crippen LogP contribution in [0.4, 0.5) is 0 Å². The lowest BCUT2D eigenvalue weighted by Crippen LogP contribution is -2.36. The van der Waals surface area contributed by atoms with E-state index in [1.54, 1.807) is 7.11 Å². The molecule has 4 heteroatoms. The maximum atomic E-state index is 5.41. The highest BCUT2D eigenvalue weighted by Gasteiger charge is 2.28. The monoisotopic (exact) mass is 226 g/mol. The molecule has 0 spiro atoms. The van der Waals surface area contributed by atoms with E-state index < -0.39 is 5.60 Å². The summed E-state index contributed by atoms with van der Waals surface area (Å²) in [6.45, 7) is 11.0. The third kappa shape index (κ3) is 3.32. The van der Waals surface area contributed by atoms with Crippen molar-refractivity contribution >= 4 is 0 Å². The molecule has 16 heavy (non-hydrogen) atoms. The van der Waals surface area contributed by atoms with E-state index in [0.717, 1.165) is 11.5 Å². The predicted molar refractivity (Wildman–Crippen MR) is 63.1 cm³/mol. The Kier molecular flexibility index (Phi) is 3.76. The van der Waals surface area contributed by atoms with E-state index in [4.69, 9.17) is 9.15 Å². The molecule has 1 rings (SSSR count). The highest BCUT2D eigenvalue weighted by molar-refractivity contribution is 5.14. The molecule has 0 atom stereocenters. The first-order chi connectivity index (χ1) is 7.26. The number of hydrogen-bond acceptors (Lipinski definition) is 4. The van der Waals surface area contributed by atoms with Gasteiger partial charge in [0.2, 0.25) is 0 Å². The second-order valence-electron chi connectivity index (χ2n) is 5.45. The van der Waals surface area contributed by atoms with Crippen molar-refractivity contribution in [3.05, 3.63) is 17.8 Å². The second kappa shape index (κ2) is 4.55. The van der Waals surface area contributed by atoms with Crippen molar-refractivity contribution in [2.75, 3.05) is 7.11 Å². The Labute approximate surface area is 97.4 Å². The fourth-order valence-corrected chi connectivity index (χ4v) is 1.33. The predicted octanol–water partition coefficient (Wildman–Crippen LogP) is 2.44. The van der Waals surface area contributed by atoms with Gasteiger partial charge in [-0.1, -0.05) is 0 Å². The Morgan fingerprint density at radius 1 is 1.31 bits per heavy atom. The van der Waals surface area contributed by atoms with Crippen molar-refractivity contribution in [1.82, 2.24) is 10.3 Å². The van der Waals surface area contributed by atoms with Gasteiger partial charge in [-0.3, -0.25) is 0 Å². The zero-order chi connectivity index (χ0) is 12.4. The molecule has 1 N–H and O–H groups in total. The molecule has 4 nitrogen and oxygen atoms in total. The van der Waals surface area contributed by atoms with Crippen LogP contribution < -0.4 is 5.32 Å². The Bertz CT molecular complexity index is 337. The minimum absolute atomic E-state index is 0.0629. The number of ether oxygens (including phenoxy) is 1. The van der Waals surface area contributed by atoms with Gasteiger partial charge in [-0.05, 0) is 34.6 Å². The van der Waals surface area contributed by atoms with Gasteiger partial charge in [0.25, 0.3) is 0 Å². The normalized spacial score (nSPS) is 13.1. The van der Waals surface area contributed by atoms with Crippen LogP contribution in [0.2, 0.25) is 0 Å². The van der Waals surface area contributed by atoms with Gasteiger partial charge in [0, 0.05) is 19.2 Å². The van der Waals surface area contributed by atoms with Gasteiger partial charge in [-0.15, -0.1) is 0 Å². The molecular weight excluding hydrogens is 204 g/mol. The summed E-state index contributed by atoms with van der Waals surface area (Å²) in [5.74, 6) is 0.784. The Morgan fingerprint density at radius 2 is 1.94 bits per heavy atom. The number of rotatable bonds is 4. The number of nitrogens with zero attached hydrogens (tertiary/aromatic N) is 1. The van der Waals surface area contributed by atoms with Gasteiger partial charge in [0.1, 0.15) is 5.60 Å². The van der Waals surface area contributed by atoms with Crippen LogP contribution >= 0.6 is 0 Å². The minimum atomic E-state index is -0.439. The largest absolute Gasteiger partial charge is 0.445 e. The first kappa shape index (κ1) is 13.2. The fraction of sp³-hybridized carbons (Fsp3) is 0.750. The lowest BCUT2D eigenvalue weighted by molar-refractivity contribution is -0.000175. The average molecular weight is 226 g/mol. The summed E-state index contributed by atoms with van der Waals surface area (Å²) >= 11 is 0. The van der Waals surface area contributed by atoms with Crippen LogP contribution in [0, 0.1) is 0 Å². The maximum absolute atomic E-state index is 5.41. The van der Waals surface area contributed by atoms with E-state index in [2.05, 4.69) is 31.1 Å². The topological polar surface area (TPSA) is 47.3 Å². The Morgan fingerprint density at radius 3 is 2.44 bits per heavy atom. The van der Waals surface area contributed by atoms with Gasteiger partial charge in [0.15, 0.2) is 12.2 Å². The van der Waals surface area contributed by atoms with Crippen LogP contribution in [-0.2, 0) is 16.9 Å². The molecule has 1 aromatic rings. The van der Waals surface area contributed by atoms with Crippen LogP contribution in [0.15, 0.2) is 10.8 Å². The lowest BCUT2D eigenvalue weighted by Gasteiger charge is -2.23. The maximum Gasteiger partial charge on any atom is 0.181 e. The smallest absolute Gasteiger partial charge is 0.181 e. The molecule has 0 amide bonds.